The number of aromatic nitrogens is 2. The van der Waals surface area contributed by atoms with Crippen LogP contribution in [0.5, 0.6) is 5.88 Å². The zero-order valence-corrected chi connectivity index (χ0v) is 18.9. The molecule has 11 heteroatoms. The molecular weight excluding hydrogens is 457 g/mol. The molecular formula is C22H21F3N4O3S. The maximum atomic E-state index is 14.7. The summed E-state index contributed by atoms with van der Waals surface area (Å²) in [6.45, 7) is 4.06. The molecule has 0 bridgehead atoms. The maximum absolute atomic E-state index is 14.7. The first kappa shape index (κ1) is 24.3. The number of aliphatic imine (C=N–C) groups is 1. The lowest BCUT2D eigenvalue weighted by Crippen LogP contribution is -2.55. The van der Waals surface area contributed by atoms with Crippen LogP contribution in [0.1, 0.15) is 37.6 Å². The van der Waals surface area contributed by atoms with Crippen LogP contribution in [0.25, 0.3) is 11.9 Å². The summed E-state index contributed by atoms with van der Waals surface area (Å²) in [4.78, 5) is 11.9. The van der Waals surface area contributed by atoms with E-state index in [-0.39, 0.29) is 35.1 Å². The Morgan fingerprint density at radius 3 is 2.55 bits per heavy atom. The molecule has 174 valence electrons. The normalized spacial score (nSPS) is 21.7. The van der Waals surface area contributed by atoms with Gasteiger partial charge in [0.15, 0.2) is 33.9 Å². The monoisotopic (exact) mass is 478 g/mol. The molecule has 1 aromatic heterocycles. The zero-order valence-electron chi connectivity index (χ0n) is 18.1. The number of amidine groups is 1. The van der Waals surface area contributed by atoms with E-state index in [1.807, 2.05) is 0 Å². The Kier molecular flexibility index (Phi) is 6.26. The smallest absolute Gasteiger partial charge is 0.233 e. The van der Waals surface area contributed by atoms with Crippen molar-refractivity contribution in [2.45, 2.75) is 31.1 Å². The summed E-state index contributed by atoms with van der Waals surface area (Å²) in [5.74, 6) is -1.99. The first-order chi connectivity index (χ1) is 15.3. The van der Waals surface area contributed by atoms with Crippen molar-refractivity contribution in [1.29, 1.82) is 0 Å². The molecule has 7 nitrogen and oxygen atoms in total. The highest BCUT2D eigenvalue weighted by atomic mass is 32.2. The van der Waals surface area contributed by atoms with Gasteiger partial charge in [0, 0.05) is 5.56 Å². The van der Waals surface area contributed by atoms with E-state index in [1.165, 1.54) is 20.8 Å². The summed E-state index contributed by atoms with van der Waals surface area (Å²) in [7, 11) is -3.86. The molecule has 0 spiro atoms. The minimum Gasteiger partial charge on any atom is -0.463 e. The Morgan fingerprint density at radius 2 is 1.97 bits per heavy atom. The Morgan fingerprint density at radius 1 is 1.27 bits per heavy atom. The quantitative estimate of drug-likeness (QED) is 0.662. The highest BCUT2D eigenvalue weighted by Gasteiger charge is 2.49. The molecule has 0 saturated heterocycles. The van der Waals surface area contributed by atoms with E-state index in [0.29, 0.717) is 0 Å². The molecule has 0 amide bonds. The molecule has 2 N–H and O–H groups in total. The number of terminal acetylenes is 1. The van der Waals surface area contributed by atoms with Crippen molar-refractivity contribution in [2.75, 3.05) is 12.4 Å². The molecule has 0 saturated carbocycles. The average Bonchev–Trinajstić information content (AvgIpc) is 2.73. The van der Waals surface area contributed by atoms with Gasteiger partial charge in [0.2, 0.25) is 5.88 Å². The molecule has 1 aromatic carbocycles. The van der Waals surface area contributed by atoms with Gasteiger partial charge in [0.05, 0.1) is 18.1 Å². The van der Waals surface area contributed by atoms with Gasteiger partial charge < -0.3 is 10.5 Å². The number of rotatable bonds is 5. The molecule has 0 aliphatic carbocycles. The number of benzene rings is 1. The van der Waals surface area contributed by atoms with E-state index in [1.54, 1.807) is 0 Å². The number of sulfone groups is 1. The summed E-state index contributed by atoms with van der Waals surface area (Å²) >= 11 is 0. The van der Waals surface area contributed by atoms with Crippen molar-refractivity contribution in [1.82, 2.24) is 9.97 Å². The van der Waals surface area contributed by atoms with Gasteiger partial charge in [-0.3, -0.25) is 4.99 Å². The number of nitrogens with zero attached hydrogens (tertiary/aromatic N) is 3. The Labute approximate surface area is 189 Å². The number of hydrogen-bond donors (Lipinski definition) is 1. The van der Waals surface area contributed by atoms with Crippen molar-refractivity contribution in [2.24, 2.45) is 10.7 Å². The van der Waals surface area contributed by atoms with E-state index in [2.05, 4.69) is 20.9 Å². The second-order valence-electron chi connectivity index (χ2n) is 8.13. The largest absolute Gasteiger partial charge is 0.463 e. The van der Waals surface area contributed by atoms with Crippen LogP contribution >= 0.6 is 0 Å². The molecule has 1 aliphatic rings. The number of hydrogen-bond acceptors (Lipinski definition) is 7. The topological polar surface area (TPSA) is 108 Å². The molecule has 33 heavy (non-hydrogen) atoms. The van der Waals surface area contributed by atoms with Crippen molar-refractivity contribution >= 4 is 27.6 Å². The zero-order chi connectivity index (χ0) is 24.6. The van der Waals surface area contributed by atoms with Gasteiger partial charge in [0.25, 0.3) is 0 Å². The molecule has 2 heterocycles. The van der Waals surface area contributed by atoms with Gasteiger partial charge in [-0.15, -0.1) is 6.42 Å². The maximum Gasteiger partial charge on any atom is 0.233 e. The number of halogens is 3. The Hall–Kier alpha value is -3.39. The first-order valence-corrected chi connectivity index (χ1v) is 11.3. The van der Waals surface area contributed by atoms with E-state index in [4.69, 9.17) is 16.9 Å². The fourth-order valence-electron chi connectivity index (χ4n) is 3.22. The third-order valence-corrected chi connectivity index (χ3v) is 8.04. The second-order valence-corrected chi connectivity index (χ2v) is 10.7. The van der Waals surface area contributed by atoms with Crippen LogP contribution in [0.3, 0.4) is 0 Å². The molecule has 1 unspecified atom stereocenters. The van der Waals surface area contributed by atoms with Crippen molar-refractivity contribution in [3.05, 3.63) is 53.0 Å². The lowest BCUT2D eigenvalue weighted by molar-refractivity contribution is 0.353. The van der Waals surface area contributed by atoms with Crippen LogP contribution in [0.4, 0.5) is 13.2 Å². The lowest BCUT2D eigenvalue weighted by atomic mass is 9.91. The third-order valence-electron chi connectivity index (χ3n) is 5.33. The highest BCUT2D eigenvalue weighted by molar-refractivity contribution is 7.93. The first-order valence-electron chi connectivity index (χ1n) is 9.64. The lowest BCUT2D eigenvalue weighted by Gasteiger charge is -2.38. The van der Waals surface area contributed by atoms with Crippen LogP contribution in [-0.4, -0.2) is 41.3 Å². The number of nitrogens with two attached hydrogens (primary N) is 1. The van der Waals surface area contributed by atoms with E-state index in [9.17, 15) is 21.6 Å². The van der Waals surface area contributed by atoms with Crippen molar-refractivity contribution in [3.63, 3.8) is 0 Å². The molecule has 2 aromatic rings. The predicted molar refractivity (Wildman–Crippen MR) is 119 cm³/mol. The second kappa shape index (κ2) is 8.51. The van der Waals surface area contributed by atoms with Crippen LogP contribution < -0.4 is 10.5 Å². The van der Waals surface area contributed by atoms with Gasteiger partial charge in [-0.2, -0.15) is 0 Å². The molecule has 1 atom stereocenters. The third kappa shape index (κ3) is 4.57. The average molecular weight is 478 g/mol. The molecule has 1 aliphatic heterocycles. The van der Waals surface area contributed by atoms with Gasteiger partial charge in [-0.05, 0) is 44.5 Å². The van der Waals surface area contributed by atoms with Gasteiger partial charge in [0.1, 0.15) is 21.8 Å². The SMILES string of the molecule is C#CCOc1cnc(C(F)=Cc2cc(F)c(F)c(C3(C)CS(=O)(=O)C(C)(C)C(N)=N3)c2)cn1. The van der Waals surface area contributed by atoms with E-state index >= 15 is 0 Å². The molecule has 0 fully saturated rings. The molecule has 0 radical (unpaired) electrons. The van der Waals surface area contributed by atoms with Gasteiger partial charge in [-0.1, -0.05) is 5.92 Å². The minimum atomic E-state index is -3.86. The van der Waals surface area contributed by atoms with Crippen LogP contribution in [-0.2, 0) is 15.4 Å². The standard InChI is InChI=1S/C22H21F3N4O3S/c1-5-6-32-18-11-27-17(10-28-18)15(23)8-13-7-14(19(25)16(24)9-13)22(4)12-33(30,31)21(2,3)20(26)29-22/h1,7-11H,6,12H2,2-4H3,(H2,26,29). The summed E-state index contributed by atoms with van der Waals surface area (Å²) in [6, 6.07) is 1.90. The minimum absolute atomic E-state index is 0.0390. The van der Waals surface area contributed by atoms with Crippen molar-refractivity contribution < 1.29 is 26.3 Å². The van der Waals surface area contributed by atoms with Crippen molar-refractivity contribution in [3.8, 4) is 18.2 Å². The Balaban J connectivity index is 2.03. The highest BCUT2D eigenvalue weighted by Crippen LogP contribution is 2.39. The van der Waals surface area contributed by atoms with E-state index < -0.39 is 43.3 Å². The van der Waals surface area contributed by atoms with Gasteiger partial charge >= 0.3 is 0 Å². The fraction of sp³-hybridized carbons (Fsp3) is 0.318. The summed E-state index contributed by atoms with van der Waals surface area (Å²) in [5.41, 5.74) is 3.53. The number of ether oxygens (including phenoxy) is 1. The predicted octanol–water partition coefficient (Wildman–Crippen LogP) is 3.01. The van der Waals surface area contributed by atoms with Crippen LogP contribution in [0.15, 0.2) is 29.5 Å². The Bertz CT molecular complexity index is 1300. The van der Waals surface area contributed by atoms with Crippen LogP contribution in [0, 0.1) is 24.0 Å². The molecule has 3 rings (SSSR count). The summed E-state index contributed by atoms with van der Waals surface area (Å²) in [6.07, 6.45) is 8.23. The van der Waals surface area contributed by atoms with E-state index in [0.717, 1.165) is 30.6 Å². The van der Waals surface area contributed by atoms with Crippen LogP contribution in [0.2, 0.25) is 0 Å². The summed E-state index contributed by atoms with van der Waals surface area (Å²) in [5, 5.41) is 0. The fourth-order valence-corrected chi connectivity index (χ4v) is 4.90. The summed E-state index contributed by atoms with van der Waals surface area (Å²) < 4.78 is 73.0. The van der Waals surface area contributed by atoms with Gasteiger partial charge in [-0.25, -0.2) is 31.6 Å².